The zero-order valence-electron chi connectivity index (χ0n) is 8.87. The van der Waals surface area contributed by atoms with Crippen LogP contribution in [0, 0.1) is 167 Å². The molecule has 4 radical (unpaired) electrons. The normalized spacial score (nSPS) is 0. The van der Waals surface area contributed by atoms with Gasteiger partial charge in [-0.05, 0) is 0 Å². The van der Waals surface area contributed by atoms with Crippen LogP contribution in [0.4, 0.5) is 0 Å². The molecule has 19 heteroatoms. The molecular weight excluding hydrogens is 896 g/mol. The van der Waals surface area contributed by atoms with Gasteiger partial charge in [-0.1, -0.05) is 0 Å². The monoisotopic (exact) mass is 907 g/mol. The maximum absolute atomic E-state index is 0. The second-order valence-corrected chi connectivity index (χ2v) is 0. The summed E-state index contributed by atoms with van der Waals surface area (Å²) >= 11 is 0. The average Bonchev–Trinajstić information content (AvgIpc) is 0. The Labute approximate surface area is 290 Å². The summed E-state index contributed by atoms with van der Waals surface area (Å²) in [5.41, 5.74) is 0. The second kappa shape index (κ2) is 286. The molecule has 0 aromatic heterocycles. The Morgan fingerprint density at radius 1 is 0.158 bits per heavy atom. The van der Waals surface area contributed by atoms with Crippen LogP contribution >= 0.6 is 0 Å². The van der Waals surface area contributed by atoms with E-state index in [1.165, 1.54) is 0 Å². The van der Waals surface area contributed by atoms with Crippen LogP contribution in [0.3, 0.4) is 0 Å². The molecule has 0 aromatic carbocycles. The first kappa shape index (κ1) is 323. The molecule has 0 heterocycles. The van der Waals surface area contributed by atoms with E-state index in [-0.39, 0.29) is 298 Å². The van der Waals surface area contributed by atoms with Crippen molar-refractivity contribution in [3.05, 3.63) is 0 Å². The summed E-state index contributed by atoms with van der Waals surface area (Å²) < 4.78 is 0. The predicted molar refractivity (Wildman–Crippen MR) is 23.2 cm³/mol. The summed E-state index contributed by atoms with van der Waals surface area (Å²) in [6, 6.07) is 0. The number of hydrogen-bond acceptors (Lipinski definition) is 12. The molecule has 0 spiro atoms. The first-order valence-electron chi connectivity index (χ1n) is 0. The molecule has 0 unspecified atom stereocenters. The van der Waals surface area contributed by atoms with Crippen molar-refractivity contribution in [3.63, 3.8) is 0 Å². The maximum atomic E-state index is 0. The van der Waals surface area contributed by atoms with Crippen molar-refractivity contribution in [1.29, 1.82) is 0 Å². The van der Waals surface area contributed by atoms with Crippen LogP contribution in [0.1, 0.15) is 0 Å². The molecule has 0 amide bonds. The molecule has 0 fully saturated rings. The number of hydrogen-bond donors (Lipinski definition) is 0. The van der Waals surface area contributed by atoms with Crippen LogP contribution in [-0.2, 0) is 65.2 Å². The average molecular weight is 908 g/mol. The minimum Gasteiger partial charge on any atom is -0.870 e. The van der Waals surface area contributed by atoms with Gasteiger partial charge in [0.2, 0.25) is 0 Å². The van der Waals surface area contributed by atoms with Gasteiger partial charge in [0.25, 0.3) is 0 Å². The van der Waals surface area contributed by atoms with Gasteiger partial charge in [-0.2, -0.15) is 0 Å². The van der Waals surface area contributed by atoms with E-state index in [1.807, 2.05) is 0 Å². The smallest absolute Gasteiger partial charge is 0.870 e. The molecule has 0 rings (SSSR count). The Morgan fingerprint density at radius 3 is 0.158 bits per heavy atom. The summed E-state index contributed by atoms with van der Waals surface area (Å²) in [4.78, 5) is 0. The van der Waals surface area contributed by atoms with Gasteiger partial charge in [0, 0.05) is 65.2 Å². The first-order valence-corrected chi connectivity index (χ1v) is 0. The molecule has 0 aliphatic rings. The topological polar surface area (TPSA) is 360 Å². The molecule has 112 valence electrons. The minimum absolute atomic E-state index is 0. The van der Waals surface area contributed by atoms with Gasteiger partial charge in [-0.3, -0.25) is 0 Å². The fourth-order valence-corrected chi connectivity index (χ4v) is 0. The zero-order valence-corrected chi connectivity index (χ0v) is 26.1. The number of rotatable bonds is 0. The Morgan fingerprint density at radius 2 is 0.158 bits per heavy atom. The summed E-state index contributed by atoms with van der Waals surface area (Å²) in [5.74, 6) is 0. The summed E-state index contributed by atoms with van der Waals surface area (Å²) in [6.45, 7) is 0. The SMILES string of the molecule is [Ce+3].[Ce+3].[Ce+3].[Ce+3].[OH-].[OH-].[OH-].[OH-].[OH-].[OH-].[OH-].[OH-].[OH-].[OH-].[OH-].[OH-].[Ti].[Ti].[Ti]. The molecule has 19 heavy (non-hydrogen) atoms. The van der Waals surface area contributed by atoms with Gasteiger partial charge < -0.3 is 65.7 Å². The summed E-state index contributed by atoms with van der Waals surface area (Å²) in [5, 5.41) is 0. The van der Waals surface area contributed by atoms with Crippen molar-refractivity contribution in [3.8, 4) is 0 Å². The van der Waals surface area contributed by atoms with Gasteiger partial charge in [0.15, 0.2) is 0 Å². The van der Waals surface area contributed by atoms with E-state index in [0.717, 1.165) is 0 Å². The van der Waals surface area contributed by atoms with Crippen molar-refractivity contribution in [2.45, 2.75) is 0 Å². The van der Waals surface area contributed by atoms with Crippen LogP contribution in [0.2, 0.25) is 0 Å². The van der Waals surface area contributed by atoms with E-state index in [4.69, 9.17) is 0 Å². The molecule has 0 aromatic rings. The third-order valence-corrected chi connectivity index (χ3v) is 0. The van der Waals surface area contributed by atoms with E-state index in [9.17, 15) is 0 Å². The summed E-state index contributed by atoms with van der Waals surface area (Å²) in [6.07, 6.45) is 0. The molecule has 12 nitrogen and oxygen atoms in total. The maximum Gasteiger partial charge on any atom is 3.00 e. The van der Waals surface area contributed by atoms with Gasteiger partial charge in [0.1, 0.15) is 0 Å². The third-order valence-electron chi connectivity index (χ3n) is 0. The Balaban J connectivity index is 0. The molecule has 0 bridgehead atoms. The van der Waals surface area contributed by atoms with Crippen molar-refractivity contribution < 1.29 is 298 Å². The molecule has 0 saturated heterocycles. The van der Waals surface area contributed by atoms with Crippen LogP contribution in [-0.4, -0.2) is 65.7 Å². The fraction of sp³-hybridized carbons (Fsp3) is 0. The van der Waals surface area contributed by atoms with Crippen LogP contribution < -0.4 is 0 Å². The third kappa shape index (κ3) is 263. The Kier molecular flexibility index (Phi) is 4860. The second-order valence-electron chi connectivity index (χ2n) is 0. The van der Waals surface area contributed by atoms with Gasteiger partial charge in [-0.15, -0.1) is 0 Å². The van der Waals surface area contributed by atoms with Crippen LogP contribution in [0.5, 0.6) is 0 Å². The van der Waals surface area contributed by atoms with Crippen LogP contribution in [0.15, 0.2) is 0 Å². The standard InChI is InChI=1S/4Ce.12H2O.3Ti/h;;;;12*1H2;;;/q4*+3;;;;;;;;;;;;;;;/p-12. The minimum atomic E-state index is 0. The van der Waals surface area contributed by atoms with E-state index in [2.05, 4.69) is 0 Å². The molecule has 0 aliphatic carbocycles. The Bertz CT molecular complexity index is 24.9. The van der Waals surface area contributed by atoms with Crippen molar-refractivity contribution in [2.75, 3.05) is 0 Å². The molecule has 0 atom stereocenters. The molecule has 0 aliphatic heterocycles. The van der Waals surface area contributed by atoms with Crippen molar-refractivity contribution in [2.24, 2.45) is 0 Å². The zero-order chi connectivity index (χ0) is 0. The Hall–Kier alpha value is 7.17. The summed E-state index contributed by atoms with van der Waals surface area (Å²) in [7, 11) is 0. The predicted octanol–water partition coefficient (Wildman–Crippen LogP) is -2.13. The van der Waals surface area contributed by atoms with Crippen LogP contribution in [0.25, 0.3) is 0 Å². The first-order chi connectivity index (χ1) is 0. The van der Waals surface area contributed by atoms with E-state index in [1.54, 1.807) is 0 Å². The quantitative estimate of drug-likeness (QED) is 0.235. The van der Waals surface area contributed by atoms with Crippen molar-refractivity contribution in [1.82, 2.24) is 0 Å². The molecule has 12 N–H and O–H groups in total. The van der Waals surface area contributed by atoms with Gasteiger partial charge in [0.05, 0.1) is 0 Å². The van der Waals surface area contributed by atoms with Crippen molar-refractivity contribution >= 4 is 0 Å². The van der Waals surface area contributed by atoms with E-state index >= 15 is 0 Å². The van der Waals surface area contributed by atoms with Gasteiger partial charge in [-0.25, -0.2) is 0 Å². The van der Waals surface area contributed by atoms with E-state index < -0.39 is 0 Å². The molecular formula is H12Ce4O12Ti3. The van der Waals surface area contributed by atoms with E-state index in [0.29, 0.717) is 0 Å². The fourth-order valence-electron chi connectivity index (χ4n) is 0. The van der Waals surface area contributed by atoms with Gasteiger partial charge >= 0.3 is 167 Å². The molecule has 0 saturated carbocycles. The largest absolute Gasteiger partial charge is 3.00 e.